The van der Waals surface area contributed by atoms with E-state index in [-0.39, 0.29) is 16.3 Å². The maximum Gasteiger partial charge on any atom is 0.418 e. The summed E-state index contributed by atoms with van der Waals surface area (Å²) in [6.07, 6.45) is -3.71. The zero-order valence-corrected chi connectivity index (χ0v) is 22.9. The molecule has 1 unspecified atom stereocenters. The zero-order chi connectivity index (χ0) is 28.5. The minimum atomic E-state index is -4.55. The van der Waals surface area contributed by atoms with Gasteiger partial charge in [-0.2, -0.15) is 13.2 Å². The summed E-state index contributed by atoms with van der Waals surface area (Å²) in [5.74, 6) is 0.591. The Hall–Kier alpha value is -3.47. The van der Waals surface area contributed by atoms with E-state index in [0.717, 1.165) is 6.07 Å². The fourth-order valence-corrected chi connectivity index (χ4v) is 5.72. The van der Waals surface area contributed by atoms with E-state index >= 15 is 0 Å². The quantitative estimate of drug-likeness (QED) is 0.246. The Bertz CT molecular complexity index is 1620. The monoisotopic (exact) mass is 558 g/mol. The Labute approximate surface area is 225 Å². The SMILES string of the molecule is CNS(=O)(=O)c1cccc(Oc2cccc(-c3c(C)cnc4c(C(F)(F)F)cccc34)c2)c1C(OC)C(C)C. The lowest BCUT2D eigenvalue weighted by Crippen LogP contribution is -2.23. The molecule has 0 aliphatic carbocycles. The second-order valence-corrected chi connectivity index (χ2v) is 11.3. The van der Waals surface area contributed by atoms with Gasteiger partial charge in [0.1, 0.15) is 11.5 Å². The molecule has 1 atom stereocenters. The van der Waals surface area contributed by atoms with E-state index in [1.54, 1.807) is 49.4 Å². The van der Waals surface area contributed by atoms with Crippen molar-refractivity contribution in [2.24, 2.45) is 5.92 Å². The zero-order valence-electron chi connectivity index (χ0n) is 22.1. The van der Waals surface area contributed by atoms with Crippen LogP contribution in [0.25, 0.3) is 22.0 Å². The number of hydrogen-bond donors (Lipinski definition) is 1. The van der Waals surface area contributed by atoms with Gasteiger partial charge in [-0.15, -0.1) is 0 Å². The van der Waals surface area contributed by atoms with Crippen LogP contribution in [0.15, 0.2) is 71.8 Å². The number of methoxy groups -OCH3 is 1. The summed E-state index contributed by atoms with van der Waals surface area (Å²) in [7, 11) is -1.00. The third-order valence-electron chi connectivity index (χ3n) is 6.47. The van der Waals surface area contributed by atoms with Gasteiger partial charge in [0.25, 0.3) is 0 Å². The first-order valence-electron chi connectivity index (χ1n) is 12.2. The Morgan fingerprint density at radius 3 is 2.33 bits per heavy atom. The number of fused-ring (bicyclic) bond motifs is 1. The van der Waals surface area contributed by atoms with Gasteiger partial charge in [0.15, 0.2) is 0 Å². The first kappa shape index (κ1) is 28.5. The number of benzene rings is 3. The summed E-state index contributed by atoms with van der Waals surface area (Å²) in [6.45, 7) is 5.60. The number of halogens is 3. The van der Waals surface area contributed by atoms with Crippen molar-refractivity contribution in [2.45, 2.75) is 37.9 Å². The smallest absolute Gasteiger partial charge is 0.418 e. The minimum Gasteiger partial charge on any atom is -0.457 e. The third-order valence-corrected chi connectivity index (χ3v) is 7.94. The predicted octanol–water partition coefficient (Wildman–Crippen LogP) is 7.27. The van der Waals surface area contributed by atoms with Gasteiger partial charge in [-0.1, -0.05) is 44.2 Å². The fourth-order valence-electron chi connectivity index (χ4n) is 4.74. The van der Waals surface area contributed by atoms with Crippen LogP contribution in [0.4, 0.5) is 13.2 Å². The highest BCUT2D eigenvalue weighted by atomic mass is 32.2. The standard InChI is InChI=1S/C29H29F3N2O4S/c1-17(2)28(37-5)26-23(13-8-14-24(26)39(35,36)33-4)38-20-10-6-9-19(15-20)25-18(3)16-34-27-21(25)11-7-12-22(27)29(30,31)32/h6-17,28,33H,1-5H3. The largest absolute Gasteiger partial charge is 0.457 e. The Morgan fingerprint density at radius 2 is 1.69 bits per heavy atom. The number of ether oxygens (including phenoxy) is 2. The molecule has 4 aromatic rings. The molecule has 6 nitrogen and oxygen atoms in total. The number of pyridine rings is 1. The highest BCUT2D eigenvalue weighted by molar-refractivity contribution is 7.89. The molecule has 0 spiro atoms. The molecule has 3 aromatic carbocycles. The van der Waals surface area contributed by atoms with Crippen LogP contribution >= 0.6 is 0 Å². The van der Waals surface area contributed by atoms with Gasteiger partial charge in [-0.25, -0.2) is 13.1 Å². The summed E-state index contributed by atoms with van der Waals surface area (Å²) in [4.78, 5) is 4.13. The lowest BCUT2D eigenvalue weighted by Gasteiger charge is -2.25. The molecule has 0 radical (unpaired) electrons. The maximum atomic E-state index is 13.7. The van der Waals surface area contributed by atoms with E-state index in [0.29, 0.717) is 39.1 Å². The Morgan fingerprint density at radius 1 is 1.00 bits per heavy atom. The van der Waals surface area contributed by atoms with Crippen LogP contribution in [-0.2, 0) is 20.9 Å². The number of sulfonamides is 1. The average Bonchev–Trinajstić information content (AvgIpc) is 2.88. The molecule has 1 N–H and O–H groups in total. The van der Waals surface area contributed by atoms with Crippen molar-refractivity contribution in [3.8, 4) is 22.6 Å². The van der Waals surface area contributed by atoms with Crippen molar-refractivity contribution in [1.29, 1.82) is 0 Å². The second-order valence-electron chi connectivity index (χ2n) is 9.42. The summed E-state index contributed by atoms with van der Waals surface area (Å²) in [5.41, 5.74) is 1.35. The first-order chi connectivity index (χ1) is 18.4. The number of para-hydroxylation sites is 1. The van der Waals surface area contributed by atoms with Crippen molar-refractivity contribution in [3.63, 3.8) is 0 Å². The number of hydrogen-bond acceptors (Lipinski definition) is 5. The topological polar surface area (TPSA) is 77.5 Å². The molecule has 10 heteroatoms. The number of aromatic nitrogens is 1. The number of alkyl halides is 3. The summed E-state index contributed by atoms with van der Waals surface area (Å²) in [5, 5.41) is 0.365. The van der Waals surface area contributed by atoms with Crippen LogP contribution in [0.1, 0.15) is 36.6 Å². The summed E-state index contributed by atoms with van der Waals surface area (Å²) in [6, 6.07) is 15.7. The number of aryl methyl sites for hydroxylation is 1. The van der Waals surface area contributed by atoms with Gasteiger partial charge in [0.05, 0.1) is 22.1 Å². The van der Waals surface area contributed by atoms with Crippen LogP contribution in [0.3, 0.4) is 0 Å². The fraction of sp³-hybridized carbons (Fsp3) is 0.276. The predicted molar refractivity (Wildman–Crippen MR) is 144 cm³/mol. The third kappa shape index (κ3) is 5.63. The van der Waals surface area contributed by atoms with Crippen LogP contribution < -0.4 is 9.46 Å². The number of nitrogens with zero attached hydrogens (tertiary/aromatic N) is 1. The van der Waals surface area contributed by atoms with Gasteiger partial charge in [-0.3, -0.25) is 4.98 Å². The summed E-state index contributed by atoms with van der Waals surface area (Å²) < 4.78 is 81.0. The molecule has 0 aliphatic heterocycles. The molecule has 0 aliphatic rings. The van der Waals surface area contributed by atoms with Gasteiger partial charge < -0.3 is 9.47 Å². The maximum absolute atomic E-state index is 13.7. The van der Waals surface area contributed by atoms with E-state index in [2.05, 4.69) is 9.71 Å². The van der Waals surface area contributed by atoms with E-state index in [1.807, 2.05) is 13.8 Å². The molecule has 0 saturated carbocycles. The van der Waals surface area contributed by atoms with Crippen molar-refractivity contribution in [3.05, 3.63) is 83.6 Å². The second kappa shape index (κ2) is 11.0. The Kier molecular flexibility index (Phi) is 8.02. The molecule has 4 rings (SSSR count). The summed E-state index contributed by atoms with van der Waals surface area (Å²) >= 11 is 0. The molecule has 0 bridgehead atoms. The highest BCUT2D eigenvalue weighted by Gasteiger charge is 2.34. The molecule has 1 aromatic heterocycles. The number of rotatable bonds is 8. The van der Waals surface area contributed by atoms with Crippen LogP contribution in [0.5, 0.6) is 11.5 Å². The highest BCUT2D eigenvalue weighted by Crippen LogP contribution is 2.42. The normalized spacial score (nSPS) is 13.2. The van der Waals surface area contributed by atoms with Gasteiger partial charge in [0.2, 0.25) is 10.0 Å². The minimum absolute atomic E-state index is 0.0369. The number of nitrogens with one attached hydrogen (secondary N) is 1. The molecular weight excluding hydrogens is 529 g/mol. The van der Waals surface area contributed by atoms with Crippen molar-refractivity contribution < 1.29 is 31.1 Å². The molecule has 0 amide bonds. The first-order valence-corrected chi connectivity index (χ1v) is 13.7. The molecular formula is C29H29F3N2O4S. The molecule has 1 heterocycles. The van der Waals surface area contributed by atoms with Gasteiger partial charge in [-0.05, 0) is 66.9 Å². The van der Waals surface area contributed by atoms with Gasteiger partial charge >= 0.3 is 6.18 Å². The lowest BCUT2D eigenvalue weighted by atomic mass is 9.95. The Balaban J connectivity index is 1.87. The molecule has 206 valence electrons. The van der Waals surface area contributed by atoms with Gasteiger partial charge in [0, 0.05) is 24.3 Å². The van der Waals surface area contributed by atoms with E-state index in [1.165, 1.54) is 32.5 Å². The van der Waals surface area contributed by atoms with Crippen LogP contribution in [0, 0.1) is 12.8 Å². The van der Waals surface area contributed by atoms with E-state index in [4.69, 9.17) is 9.47 Å². The van der Waals surface area contributed by atoms with Crippen LogP contribution in [0.2, 0.25) is 0 Å². The van der Waals surface area contributed by atoms with Crippen molar-refractivity contribution >= 4 is 20.9 Å². The van der Waals surface area contributed by atoms with Crippen LogP contribution in [-0.4, -0.2) is 27.6 Å². The molecule has 0 fully saturated rings. The molecule has 0 saturated heterocycles. The van der Waals surface area contributed by atoms with Crippen molar-refractivity contribution in [1.82, 2.24) is 9.71 Å². The van der Waals surface area contributed by atoms with E-state index in [9.17, 15) is 21.6 Å². The molecule has 39 heavy (non-hydrogen) atoms. The van der Waals surface area contributed by atoms with E-state index < -0.39 is 27.9 Å². The lowest BCUT2D eigenvalue weighted by molar-refractivity contribution is -0.136. The average molecular weight is 559 g/mol. The van der Waals surface area contributed by atoms with Crippen molar-refractivity contribution in [2.75, 3.05) is 14.2 Å².